The van der Waals surface area contributed by atoms with Gasteiger partial charge in [-0.05, 0) is 65.4 Å². The summed E-state index contributed by atoms with van der Waals surface area (Å²) in [7, 11) is 2.03. The van der Waals surface area contributed by atoms with Crippen molar-refractivity contribution in [1.29, 1.82) is 0 Å². The number of halogens is 1. The zero-order valence-electron chi connectivity index (χ0n) is 11.5. The first-order chi connectivity index (χ1) is 9.15. The molecule has 2 unspecified atom stereocenters. The third-order valence-corrected chi connectivity index (χ3v) is 5.07. The van der Waals surface area contributed by atoms with Gasteiger partial charge < -0.3 is 5.32 Å². The molecule has 3 heteroatoms. The molecule has 19 heavy (non-hydrogen) atoms. The van der Waals surface area contributed by atoms with E-state index in [0.29, 0.717) is 12.0 Å². The summed E-state index contributed by atoms with van der Waals surface area (Å²) >= 11 is 2.44. The molecule has 1 aromatic carbocycles. The van der Waals surface area contributed by atoms with Crippen molar-refractivity contribution in [2.24, 2.45) is 0 Å². The molecule has 1 aromatic heterocycles. The van der Waals surface area contributed by atoms with Gasteiger partial charge in [-0.15, -0.1) is 0 Å². The van der Waals surface area contributed by atoms with Gasteiger partial charge in [-0.1, -0.05) is 25.1 Å². The zero-order valence-corrected chi connectivity index (χ0v) is 13.7. The van der Waals surface area contributed by atoms with E-state index in [1.165, 1.54) is 20.3 Å². The molecule has 1 heterocycles. The molecule has 2 aromatic rings. The van der Waals surface area contributed by atoms with Crippen LogP contribution in [-0.4, -0.2) is 12.0 Å². The number of nitrogens with zero attached hydrogens (tertiary/aromatic N) is 1. The van der Waals surface area contributed by atoms with Crippen LogP contribution in [0.15, 0.2) is 42.7 Å². The highest BCUT2D eigenvalue weighted by Crippen LogP contribution is 2.33. The molecule has 2 atom stereocenters. The quantitative estimate of drug-likeness (QED) is 0.826. The maximum Gasteiger partial charge on any atom is 0.0395 e. The van der Waals surface area contributed by atoms with Gasteiger partial charge in [-0.2, -0.15) is 0 Å². The molecule has 0 saturated heterocycles. The number of nitrogens with one attached hydrogen (secondary N) is 1. The first-order valence-corrected chi connectivity index (χ1v) is 7.55. The van der Waals surface area contributed by atoms with Crippen molar-refractivity contribution < 1.29 is 0 Å². The Morgan fingerprint density at radius 2 is 1.84 bits per heavy atom. The van der Waals surface area contributed by atoms with Crippen molar-refractivity contribution in [3.63, 3.8) is 0 Å². The second-order valence-electron chi connectivity index (χ2n) is 4.81. The Labute approximate surface area is 128 Å². The minimum absolute atomic E-state index is 0.314. The third-order valence-electron chi connectivity index (χ3n) is 3.60. The summed E-state index contributed by atoms with van der Waals surface area (Å²) in [5, 5.41) is 3.46. The summed E-state index contributed by atoms with van der Waals surface area (Å²) in [6.45, 7) is 4.42. The summed E-state index contributed by atoms with van der Waals surface area (Å²) in [6, 6.07) is 11.0. The van der Waals surface area contributed by atoms with E-state index < -0.39 is 0 Å². The van der Waals surface area contributed by atoms with Crippen molar-refractivity contribution in [2.45, 2.75) is 25.8 Å². The van der Waals surface area contributed by atoms with Crippen LogP contribution >= 0.6 is 22.6 Å². The Bertz CT molecular complexity index is 540. The lowest BCUT2D eigenvalue weighted by Crippen LogP contribution is -2.23. The van der Waals surface area contributed by atoms with E-state index in [4.69, 9.17) is 0 Å². The van der Waals surface area contributed by atoms with Gasteiger partial charge in [-0.25, -0.2) is 0 Å². The molecule has 100 valence electrons. The molecule has 0 saturated carbocycles. The van der Waals surface area contributed by atoms with Crippen LogP contribution in [0.3, 0.4) is 0 Å². The Hall–Kier alpha value is -0.940. The van der Waals surface area contributed by atoms with Crippen LogP contribution in [0, 0.1) is 10.5 Å². The standard InChI is InChI=1S/C16H19IN2/c1-11-5-4-6-14(15(11)17)16(18-3)12(2)13-7-9-19-10-8-13/h4-10,12,16,18H,1-3H3. The van der Waals surface area contributed by atoms with Gasteiger partial charge in [0.2, 0.25) is 0 Å². The smallest absolute Gasteiger partial charge is 0.0395 e. The van der Waals surface area contributed by atoms with Crippen LogP contribution < -0.4 is 5.32 Å². The molecular weight excluding hydrogens is 347 g/mol. The average molecular weight is 366 g/mol. The monoisotopic (exact) mass is 366 g/mol. The molecule has 0 aliphatic heterocycles. The number of likely N-dealkylation sites (N-methyl/N-ethyl adjacent to an activating group) is 1. The summed E-state index contributed by atoms with van der Waals surface area (Å²) in [5.74, 6) is 0.406. The summed E-state index contributed by atoms with van der Waals surface area (Å²) in [6.07, 6.45) is 3.72. The van der Waals surface area contributed by atoms with Crippen molar-refractivity contribution in [3.8, 4) is 0 Å². The molecular formula is C16H19IN2. The Morgan fingerprint density at radius 3 is 2.47 bits per heavy atom. The molecule has 0 amide bonds. The van der Waals surface area contributed by atoms with Gasteiger partial charge in [0.15, 0.2) is 0 Å². The molecule has 0 radical (unpaired) electrons. The van der Waals surface area contributed by atoms with E-state index in [1.54, 1.807) is 0 Å². The Balaban J connectivity index is 2.37. The van der Waals surface area contributed by atoms with Gasteiger partial charge in [-0.3, -0.25) is 4.98 Å². The lowest BCUT2D eigenvalue weighted by Gasteiger charge is -2.26. The highest BCUT2D eigenvalue weighted by molar-refractivity contribution is 14.1. The Morgan fingerprint density at radius 1 is 1.16 bits per heavy atom. The second-order valence-corrected chi connectivity index (χ2v) is 5.89. The average Bonchev–Trinajstić information content (AvgIpc) is 2.45. The van der Waals surface area contributed by atoms with E-state index in [1.807, 2.05) is 19.4 Å². The van der Waals surface area contributed by atoms with E-state index in [-0.39, 0.29) is 0 Å². The number of pyridine rings is 1. The van der Waals surface area contributed by atoms with E-state index in [9.17, 15) is 0 Å². The van der Waals surface area contributed by atoms with Crippen LogP contribution in [0.4, 0.5) is 0 Å². The molecule has 0 fully saturated rings. The first kappa shape index (κ1) is 14.5. The third kappa shape index (κ3) is 3.15. The van der Waals surface area contributed by atoms with E-state index >= 15 is 0 Å². The van der Waals surface area contributed by atoms with Crippen LogP contribution in [0.1, 0.15) is 35.6 Å². The number of aromatic nitrogens is 1. The molecule has 1 N–H and O–H groups in total. The largest absolute Gasteiger partial charge is 0.312 e. The maximum absolute atomic E-state index is 4.10. The molecule has 0 spiro atoms. The lowest BCUT2D eigenvalue weighted by atomic mass is 9.88. The van der Waals surface area contributed by atoms with Crippen LogP contribution in [0.5, 0.6) is 0 Å². The fourth-order valence-electron chi connectivity index (χ4n) is 2.44. The van der Waals surface area contributed by atoms with Gasteiger partial charge in [0, 0.05) is 27.9 Å². The zero-order chi connectivity index (χ0) is 13.8. The van der Waals surface area contributed by atoms with Crippen molar-refractivity contribution >= 4 is 22.6 Å². The number of benzene rings is 1. The highest BCUT2D eigenvalue weighted by atomic mass is 127. The molecule has 2 nitrogen and oxygen atoms in total. The van der Waals surface area contributed by atoms with Crippen LogP contribution in [0.2, 0.25) is 0 Å². The fraction of sp³-hybridized carbons (Fsp3) is 0.312. The number of hydrogen-bond donors (Lipinski definition) is 1. The lowest BCUT2D eigenvalue weighted by molar-refractivity contribution is 0.505. The molecule has 2 rings (SSSR count). The number of hydrogen-bond acceptors (Lipinski definition) is 2. The number of aryl methyl sites for hydroxylation is 1. The summed E-state index contributed by atoms with van der Waals surface area (Å²) in [5.41, 5.74) is 4.01. The number of rotatable bonds is 4. The normalized spacial score (nSPS) is 14.1. The van der Waals surface area contributed by atoms with Gasteiger partial charge in [0.25, 0.3) is 0 Å². The van der Waals surface area contributed by atoms with Gasteiger partial charge in [0.05, 0.1) is 0 Å². The van der Waals surface area contributed by atoms with Gasteiger partial charge >= 0.3 is 0 Å². The summed E-state index contributed by atoms with van der Waals surface area (Å²) in [4.78, 5) is 4.10. The molecule has 0 aliphatic carbocycles. The maximum atomic E-state index is 4.10. The van der Waals surface area contributed by atoms with Crippen molar-refractivity contribution in [3.05, 3.63) is 63.0 Å². The minimum atomic E-state index is 0.314. The predicted octanol–water partition coefficient (Wildman–Crippen LogP) is 4.06. The highest BCUT2D eigenvalue weighted by Gasteiger charge is 2.21. The van der Waals surface area contributed by atoms with Crippen LogP contribution in [-0.2, 0) is 0 Å². The predicted molar refractivity (Wildman–Crippen MR) is 88.3 cm³/mol. The summed E-state index contributed by atoms with van der Waals surface area (Å²) < 4.78 is 1.35. The SMILES string of the molecule is CNC(c1cccc(C)c1I)C(C)c1ccncc1. The van der Waals surface area contributed by atoms with E-state index in [2.05, 4.69) is 77.1 Å². The van der Waals surface area contributed by atoms with Crippen LogP contribution in [0.25, 0.3) is 0 Å². The molecule has 0 aliphatic rings. The van der Waals surface area contributed by atoms with Crippen molar-refractivity contribution in [1.82, 2.24) is 10.3 Å². The minimum Gasteiger partial charge on any atom is -0.312 e. The molecule has 0 bridgehead atoms. The fourth-order valence-corrected chi connectivity index (χ4v) is 3.14. The van der Waals surface area contributed by atoms with Crippen molar-refractivity contribution in [2.75, 3.05) is 7.05 Å². The second kappa shape index (κ2) is 6.48. The first-order valence-electron chi connectivity index (χ1n) is 6.47. The van der Waals surface area contributed by atoms with E-state index in [0.717, 1.165) is 0 Å². The Kier molecular flexibility index (Phi) is 4.93. The van der Waals surface area contributed by atoms with Gasteiger partial charge in [0.1, 0.15) is 0 Å². The topological polar surface area (TPSA) is 24.9 Å².